The van der Waals surface area contributed by atoms with E-state index in [4.69, 9.17) is 4.98 Å². The molecule has 0 bridgehead atoms. The average molecular weight is 386 g/mol. The van der Waals surface area contributed by atoms with E-state index in [-0.39, 0.29) is 36.4 Å². The van der Waals surface area contributed by atoms with Crippen LogP contribution in [0, 0.1) is 18.8 Å². The highest BCUT2D eigenvalue weighted by atomic mass is 35.5. The van der Waals surface area contributed by atoms with Gasteiger partial charge in [0.25, 0.3) is 5.56 Å². The number of nitrogens with one attached hydrogen (secondary N) is 3. The van der Waals surface area contributed by atoms with Crippen molar-refractivity contribution in [2.24, 2.45) is 11.8 Å². The van der Waals surface area contributed by atoms with Crippen LogP contribution in [0.25, 0.3) is 20.7 Å². The summed E-state index contributed by atoms with van der Waals surface area (Å²) in [4.78, 5) is 21.1. The number of aryl methyl sites for hydroxylation is 1. The number of hydrogen-bond donors (Lipinski definition) is 3. The number of H-pyrrole nitrogens is 2. The minimum absolute atomic E-state index is 0. The zero-order chi connectivity index (χ0) is 14.8. The lowest BCUT2D eigenvalue weighted by Gasteiger charge is -2.11. The Hall–Kier alpha value is -1.41. The Bertz CT molecular complexity index is 949. The van der Waals surface area contributed by atoms with E-state index >= 15 is 0 Å². The third kappa shape index (κ3) is 2.56. The monoisotopic (exact) mass is 385 g/mol. The molecule has 3 aromatic heterocycles. The summed E-state index contributed by atoms with van der Waals surface area (Å²) >= 11 is 1.47. The fourth-order valence-electron chi connectivity index (χ4n) is 3.48. The zero-order valence-corrected chi connectivity index (χ0v) is 15.3. The van der Waals surface area contributed by atoms with Crippen LogP contribution in [0.1, 0.15) is 24.0 Å². The number of thiophene rings is 1. The summed E-state index contributed by atoms with van der Waals surface area (Å²) in [6.45, 7) is 3.02. The first-order valence-electron chi connectivity index (χ1n) is 7.48. The third-order valence-electron chi connectivity index (χ3n) is 4.80. The molecule has 2 fully saturated rings. The van der Waals surface area contributed by atoms with Crippen LogP contribution in [0.5, 0.6) is 0 Å². The number of halogens is 2. The van der Waals surface area contributed by atoms with Gasteiger partial charge in [-0.25, -0.2) is 4.98 Å². The van der Waals surface area contributed by atoms with Gasteiger partial charge >= 0.3 is 0 Å². The molecule has 1 aliphatic carbocycles. The summed E-state index contributed by atoms with van der Waals surface area (Å²) in [5.74, 6) is 2.21. The highest BCUT2D eigenvalue weighted by Gasteiger charge is 2.49. The van der Waals surface area contributed by atoms with E-state index < -0.39 is 0 Å². The van der Waals surface area contributed by atoms with E-state index in [1.54, 1.807) is 6.20 Å². The Morgan fingerprint density at radius 1 is 1.33 bits per heavy atom. The first kappa shape index (κ1) is 17.4. The third-order valence-corrected chi connectivity index (χ3v) is 5.95. The highest BCUT2D eigenvalue weighted by Crippen LogP contribution is 2.50. The van der Waals surface area contributed by atoms with Crippen molar-refractivity contribution in [3.8, 4) is 10.4 Å². The molecule has 0 radical (unpaired) electrons. The van der Waals surface area contributed by atoms with Crippen LogP contribution >= 0.6 is 36.2 Å². The van der Waals surface area contributed by atoms with E-state index in [0.29, 0.717) is 10.6 Å². The van der Waals surface area contributed by atoms with Crippen molar-refractivity contribution < 1.29 is 0 Å². The number of aromatic amines is 2. The van der Waals surface area contributed by atoms with Gasteiger partial charge in [0.15, 0.2) is 0 Å². The van der Waals surface area contributed by atoms with E-state index in [0.717, 1.165) is 39.9 Å². The molecule has 128 valence electrons. The Morgan fingerprint density at radius 3 is 2.79 bits per heavy atom. The second kappa shape index (κ2) is 6.15. The Kier molecular flexibility index (Phi) is 4.46. The number of rotatable bonds is 2. The van der Waals surface area contributed by atoms with Crippen molar-refractivity contribution in [2.75, 3.05) is 6.54 Å². The second-order valence-corrected chi connectivity index (χ2v) is 7.28. The van der Waals surface area contributed by atoms with Crippen LogP contribution in [-0.2, 0) is 0 Å². The van der Waals surface area contributed by atoms with Crippen LogP contribution < -0.4 is 10.9 Å². The van der Waals surface area contributed by atoms with Crippen molar-refractivity contribution >= 4 is 46.4 Å². The minimum atomic E-state index is -0.0386. The lowest BCUT2D eigenvalue weighted by Crippen LogP contribution is -2.23. The van der Waals surface area contributed by atoms with Gasteiger partial charge in [-0.3, -0.25) is 9.89 Å². The first-order valence-corrected chi connectivity index (χ1v) is 8.30. The van der Waals surface area contributed by atoms with Gasteiger partial charge in [-0.15, -0.1) is 36.2 Å². The molecule has 6 nitrogen and oxygen atoms in total. The molecule has 1 saturated heterocycles. The van der Waals surface area contributed by atoms with Gasteiger partial charge in [0.2, 0.25) is 0 Å². The molecule has 3 aromatic rings. The molecule has 0 aromatic carbocycles. The normalized spacial score (nSPS) is 24.3. The molecular formula is C15H17Cl2N5OS. The first-order chi connectivity index (χ1) is 10.7. The van der Waals surface area contributed by atoms with Crippen molar-refractivity contribution in [3.05, 3.63) is 34.1 Å². The molecule has 5 rings (SSSR count). The molecule has 1 aliphatic heterocycles. The Labute approximate surface area is 154 Å². The number of fused-ring (bicyclic) bond motifs is 2. The molecule has 1 saturated carbocycles. The second-order valence-electron chi connectivity index (χ2n) is 6.23. The minimum Gasteiger partial charge on any atom is -0.308 e. The fourth-order valence-corrected chi connectivity index (χ4v) is 4.54. The van der Waals surface area contributed by atoms with Gasteiger partial charge in [0.05, 0.1) is 17.8 Å². The average Bonchev–Trinajstić information content (AvgIpc) is 2.89. The predicted octanol–water partition coefficient (Wildman–Crippen LogP) is 2.81. The topological polar surface area (TPSA) is 86.5 Å². The smallest absolute Gasteiger partial charge is 0.268 e. The standard InChI is InChI=1S/C15H15N5OS.2ClH/c1-6-9(5-17-20-6)11-3-10-13(22-11)15(21)19-14(18-10)12-8-2-7(8)4-16-12;;/h3,5,7-8,12,16H,2,4H2,1H3,(H,17,20)(H,18,19,21);2*1H/t7-,8-,12+;;/m0../s1. The van der Waals surface area contributed by atoms with Gasteiger partial charge in [-0.2, -0.15) is 5.10 Å². The maximum absolute atomic E-state index is 12.4. The zero-order valence-electron chi connectivity index (χ0n) is 12.8. The quantitative estimate of drug-likeness (QED) is 0.632. The summed E-state index contributed by atoms with van der Waals surface area (Å²) in [6.07, 6.45) is 3.05. The lowest BCUT2D eigenvalue weighted by atomic mass is 10.2. The molecule has 0 amide bonds. The number of hydrogen-bond acceptors (Lipinski definition) is 5. The van der Waals surface area contributed by atoms with Crippen LogP contribution in [0.15, 0.2) is 17.1 Å². The number of nitrogens with zero attached hydrogens (tertiary/aromatic N) is 2. The molecule has 24 heavy (non-hydrogen) atoms. The van der Waals surface area contributed by atoms with Crippen LogP contribution in [0.2, 0.25) is 0 Å². The summed E-state index contributed by atoms with van der Waals surface area (Å²) in [5.41, 5.74) is 2.78. The van der Waals surface area contributed by atoms with E-state index in [1.165, 1.54) is 17.8 Å². The number of piperidine rings is 1. The maximum Gasteiger partial charge on any atom is 0.268 e. The van der Waals surface area contributed by atoms with E-state index in [9.17, 15) is 4.79 Å². The molecule has 4 heterocycles. The Balaban J connectivity index is 0.000000845. The molecule has 2 aliphatic rings. The summed E-state index contributed by atoms with van der Waals surface area (Å²) in [7, 11) is 0. The van der Waals surface area contributed by atoms with Crippen molar-refractivity contribution in [2.45, 2.75) is 19.4 Å². The molecule has 0 spiro atoms. The van der Waals surface area contributed by atoms with Gasteiger partial charge in [-0.05, 0) is 37.8 Å². The van der Waals surface area contributed by atoms with E-state index in [2.05, 4.69) is 20.5 Å². The summed E-state index contributed by atoms with van der Waals surface area (Å²) < 4.78 is 0.685. The van der Waals surface area contributed by atoms with Crippen LogP contribution in [-0.4, -0.2) is 26.7 Å². The van der Waals surface area contributed by atoms with Crippen LogP contribution in [0.3, 0.4) is 0 Å². The van der Waals surface area contributed by atoms with E-state index in [1.807, 2.05) is 13.0 Å². The van der Waals surface area contributed by atoms with Gasteiger partial charge < -0.3 is 10.3 Å². The summed E-state index contributed by atoms with van der Waals surface area (Å²) in [5, 5.41) is 10.4. The summed E-state index contributed by atoms with van der Waals surface area (Å²) in [6, 6.07) is 2.21. The van der Waals surface area contributed by atoms with Gasteiger partial charge in [0.1, 0.15) is 10.5 Å². The number of aromatic nitrogens is 4. The van der Waals surface area contributed by atoms with Crippen LogP contribution in [0.4, 0.5) is 0 Å². The Morgan fingerprint density at radius 2 is 2.17 bits per heavy atom. The maximum atomic E-state index is 12.4. The SMILES string of the molecule is Cc1[nH]ncc1-c1cc2nc([C@@H]3NC[C@@H]4C[C@@H]43)[nH]c(=O)c2s1.Cl.Cl. The molecule has 0 unspecified atom stereocenters. The molecule has 3 N–H and O–H groups in total. The van der Waals surface area contributed by atoms with Crippen molar-refractivity contribution in [1.29, 1.82) is 0 Å². The van der Waals surface area contributed by atoms with Gasteiger partial charge in [-0.1, -0.05) is 0 Å². The largest absolute Gasteiger partial charge is 0.308 e. The molecular weight excluding hydrogens is 369 g/mol. The predicted molar refractivity (Wildman–Crippen MR) is 99.4 cm³/mol. The fraction of sp³-hybridized carbons (Fsp3) is 0.400. The van der Waals surface area contributed by atoms with Crippen molar-refractivity contribution in [1.82, 2.24) is 25.5 Å². The van der Waals surface area contributed by atoms with Gasteiger partial charge in [0, 0.05) is 16.1 Å². The lowest BCUT2D eigenvalue weighted by molar-refractivity contribution is 0.532. The molecule has 3 atom stereocenters. The highest BCUT2D eigenvalue weighted by molar-refractivity contribution is 7.22. The van der Waals surface area contributed by atoms with Crippen molar-refractivity contribution in [3.63, 3.8) is 0 Å². The molecule has 9 heteroatoms.